The number of nitro benzene ring substituents is 2. The Labute approximate surface area is 155 Å². The quantitative estimate of drug-likeness (QED) is 0.617. The number of phenols is 2. The Morgan fingerprint density at radius 2 is 1.41 bits per heavy atom. The highest BCUT2D eigenvalue weighted by atomic mass is 16.6. The first-order valence-corrected chi connectivity index (χ1v) is 8.49. The lowest BCUT2D eigenvalue weighted by atomic mass is 10.1. The standard InChI is InChI=1S/C12H16N2O3.C6H5NO3/c15-12-5-4-11(14(16)17)8-10(12)9-13-6-2-1-3-7-13;8-6-3-1-5(2-4-6)7(9)10/h4-5,8,15H,1-3,6-7,9H2;1-4,8H. The number of phenolic OH excluding ortho intramolecular Hbond substituents is 2. The second-order valence-corrected chi connectivity index (χ2v) is 6.18. The molecule has 0 saturated carbocycles. The van der Waals surface area contributed by atoms with Crippen LogP contribution >= 0.6 is 0 Å². The summed E-state index contributed by atoms with van der Waals surface area (Å²) in [6.07, 6.45) is 3.57. The second-order valence-electron chi connectivity index (χ2n) is 6.18. The van der Waals surface area contributed by atoms with Gasteiger partial charge in [-0.1, -0.05) is 6.42 Å². The minimum Gasteiger partial charge on any atom is -0.508 e. The first-order valence-electron chi connectivity index (χ1n) is 8.49. The van der Waals surface area contributed by atoms with Gasteiger partial charge in [0.15, 0.2) is 0 Å². The molecule has 2 N–H and O–H groups in total. The number of rotatable bonds is 4. The molecule has 0 aliphatic carbocycles. The van der Waals surface area contributed by atoms with Gasteiger partial charge in [0.2, 0.25) is 0 Å². The maximum atomic E-state index is 10.7. The van der Waals surface area contributed by atoms with Crippen molar-refractivity contribution >= 4 is 11.4 Å². The minimum atomic E-state index is -0.514. The van der Waals surface area contributed by atoms with Gasteiger partial charge < -0.3 is 10.2 Å². The summed E-state index contributed by atoms with van der Waals surface area (Å²) < 4.78 is 0. The van der Waals surface area contributed by atoms with Gasteiger partial charge in [-0.25, -0.2) is 0 Å². The fourth-order valence-corrected chi connectivity index (χ4v) is 2.74. The number of hydrogen-bond donors (Lipinski definition) is 2. The molecule has 1 fully saturated rings. The van der Waals surface area contributed by atoms with Crippen LogP contribution in [0.25, 0.3) is 0 Å². The molecule has 1 saturated heterocycles. The molecule has 9 heteroatoms. The van der Waals surface area contributed by atoms with Crippen LogP contribution in [-0.4, -0.2) is 38.0 Å². The Morgan fingerprint density at radius 1 is 0.852 bits per heavy atom. The predicted molar refractivity (Wildman–Crippen MR) is 98.7 cm³/mol. The minimum absolute atomic E-state index is 0.0159. The van der Waals surface area contributed by atoms with Crippen LogP contribution in [-0.2, 0) is 6.54 Å². The predicted octanol–water partition coefficient (Wildman–Crippen LogP) is 3.59. The molecule has 2 aromatic carbocycles. The molecule has 0 amide bonds. The maximum Gasteiger partial charge on any atom is 0.270 e. The molecule has 144 valence electrons. The molecule has 0 radical (unpaired) electrons. The summed E-state index contributed by atoms with van der Waals surface area (Å²) in [6.45, 7) is 2.60. The molecular weight excluding hydrogens is 354 g/mol. The van der Waals surface area contributed by atoms with Gasteiger partial charge in [-0.05, 0) is 44.1 Å². The Hall–Kier alpha value is -3.20. The van der Waals surface area contributed by atoms with Gasteiger partial charge in [0, 0.05) is 36.4 Å². The van der Waals surface area contributed by atoms with E-state index in [1.54, 1.807) is 0 Å². The number of non-ortho nitro benzene ring substituents is 2. The van der Waals surface area contributed by atoms with Crippen molar-refractivity contribution in [1.29, 1.82) is 0 Å². The van der Waals surface area contributed by atoms with Gasteiger partial charge in [-0.3, -0.25) is 25.1 Å². The topological polar surface area (TPSA) is 130 Å². The first-order chi connectivity index (χ1) is 12.9. The summed E-state index contributed by atoms with van der Waals surface area (Å²) in [5.74, 6) is 0.173. The van der Waals surface area contributed by atoms with Gasteiger partial charge in [0.25, 0.3) is 11.4 Å². The number of likely N-dealkylation sites (tertiary alicyclic amines) is 1. The summed E-state index contributed by atoms with van der Waals surface area (Å²) in [7, 11) is 0. The normalized spacial score (nSPS) is 14.1. The Balaban J connectivity index is 0.000000223. The van der Waals surface area contributed by atoms with Crippen molar-refractivity contribution in [2.24, 2.45) is 0 Å². The highest BCUT2D eigenvalue weighted by Gasteiger charge is 2.15. The Bertz CT molecular complexity index is 788. The largest absolute Gasteiger partial charge is 0.508 e. The lowest BCUT2D eigenvalue weighted by molar-refractivity contribution is -0.385. The molecule has 3 rings (SSSR count). The highest BCUT2D eigenvalue weighted by molar-refractivity contribution is 5.43. The van der Waals surface area contributed by atoms with E-state index in [0.29, 0.717) is 12.1 Å². The van der Waals surface area contributed by atoms with Crippen molar-refractivity contribution < 1.29 is 20.1 Å². The Kier molecular flexibility index (Phi) is 7.07. The smallest absolute Gasteiger partial charge is 0.270 e. The van der Waals surface area contributed by atoms with E-state index in [0.717, 1.165) is 25.9 Å². The van der Waals surface area contributed by atoms with E-state index in [9.17, 15) is 25.3 Å². The molecular formula is C18H21N3O6. The Morgan fingerprint density at radius 3 is 1.96 bits per heavy atom. The van der Waals surface area contributed by atoms with E-state index in [2.05, 4.69) is 4.90 Å². The van der Waals surface area contributed by atoms with Gasteiger partial charge in [-0.15, -0.1) is 0 Å². The number of nitro groups is 2. The van der Waals surface area contributed by atoms with E-state index in [1.807, 2.05) is 0 Å². The van der Waals surface area contributed by atoms with E-state index in [-0.39, 0.29) is 22.9 Å². The zero-order valence-electron chi connectivity index (χ0n) is 14.7. The van der Waals surface area contributed by atoms with Crippen LogP contribution < -0.4 is 0 Å². The summed E-state index contributed by atoms with van der Waals surface area (Å²) in [4.78, 5) is 22.0. The molecule has 27 heavy (non-hydrogen) atoms. The third-order valence-corrected chi connectivity index (χ3v) is 4.18. The fraction of sp³-hybridized carbons (Fsp3) is 0.333. The van der Waals surface area contributed by atoms with E-state index < -0.39 is 9.85 Å². The zero-order valence-corrected chi connectivity index (χ0v) is 14.7. The summed E-state index contributed by atoms with van der Waals surface area (Å²) in [6, 6.07) is 9.23. The molecule has 1 aliphatic heterocycles. The lowest BCUT2D eigenvalue weighted by Crippen LogP contribution is -2.29. The van der Waals surface area contributed by atoms with Crippen molar-refractivity contribution in [1.82, 2.24) is 4.90 Å². The third-order valence-electron chi connectivity index (χ3n) is 4.18. The summed E-state index contributed by atoms with van der Waals surface area (Å²) >= 11 is 0. The number of aromatic hydroxyl groups is 2. The average Bonchev–Trinajstić information content (AvgIpc) is 2.65. The van der Waals surface area contributed by atoms with Crippen LogP contribution in [0.5, 0.6) is 11.5 Å². The van der Waals surface area contributed by atoms with Crippen molar-refractivity contribution in [3.8, 4) is 11.5 Å². The monoisotopic (exact) mass is 375 g/mol. The van der Waals surface area contributed by atoms with Crippen LogP contribution in [0.1, 0.15) is 24.8 Å². The number of nitrogens with zero attached hydrogens (tertiary/aromatic N) is 3. The summed E-state index contributed by atoms with van der Waals surface area (Å²) in [5, 5.41) is 39.1. The van der Waals surface area contributed by atoms with Crippen molar-refractivity contribution in [3.05, 3.63) is 68.3 Å². The van der Waals surface area contributed by atoms with Crippen molar-refractivity contribution in [2.45, 2.75) is 25.8 Å². The van der Waals surface area contributed by atoms with Gasteiger partial charge in [-0.2, -0.15) is 0 Å². The SMILES string of the molecule is O=[N+]([O-])c1ccc(O)c(CN2CCCCC2)c1.O=[N+]([O-])c1ccc(O)cc1. The molecule has 0 aromatic heterocycles. The van der Waals surface area contributed by atoms with E-state index >= 15 is 0 Å². The van der Waals surface area contributed by atoms with Gasteiger partial charge >= 0.3 is 0 Å². The fourth-order valence-electron chi connectivity index (χ4n) is 2.74. The van der Waals surface area contributed by atoms with Gasteiger partial charge in [0.05, 0.1) is 9.85 Å². The molecule has 0 unspecified atom stereocenters. The first kappa shape index (κ1) is 20.1. The lowest BCUT2D eigenvalue weighted by Gasteiger charge is -2.26. The van der Waals surface area contributed by atoms with Crippen LogP contribution in [0.2, 0.25) is 0 Å². The average molecular weight is 375 g/mol. The van der Waals surface area contributed by atoms with Crippen LogP contribution in [0.4, 0.5) is 11.4 Å². The second kappa shape index (κ2) is 9.48. The molecule has 1 aliphatic rings. The third kappa shape index (κ3) is 6.23. The zero-order chi connectivity index (χ0) is 19.8. The van der Waals surface area contributed by atoms with Crippen LogP contribution in [0.3, 0.4) is 0 Å². The van der Waals surface area contributed by atoms with E-state index in [4.69, 9.17) is 5.11 Å². The number of piperidine rings is 1. The van der Waals surface area contributed by atoms with Crippen LogP contribution in [0.15, 0.2) is 42.5 Å². The molecule has 0 bridgehead atoms. The number of hydrogen-bond acceptors (Lipinski definition) is 7. The molecule has 0 spiro atoms. The summed E-state index contributed by atoms with van der Waals surface area (Å²) in [5.41, 5.74) is 0.661. The van der Waals surface area contributed by atoms with Gasteiger partial charge in [0.1, 0.15) is 11.5 Å². The molecule has 2 aromatic rings. The van der Waals surface area contributed by atoms with Crippen molar-refractivity contribution in [2.75, 3.05) is 13.1 Å². The van der Waals surface area contributed by atoms with E-state index in [1.165, 1.54) is 48.9 Å². The molecule has 9 nitrogen and oxygen atoms in total. The molecule has 0 atom stereocenters. The van der Waals surface area contributed by atoms with Crippen molar-refractivity contribution in [3.63, 3.8) is 0 Å². The maximum absolute atomic E-state index is 10.7. The number of benzene rings is 2. The molecule has 1 heterocycles. The highest BCUT2D eigenvalue weighted by Crippen LogP contribution is 2.25. The van der Waals surface area contributed by atoms with Crippen LogP contribution in [0, 0.1) is 20.2 Å².